The van der Waals surface area contributed by atoms with E-state index in [1.54, 1.807) is 4.90 Å². The largest absolute Gasteiger partial charge is 0.353 e. The van der Waals surface area contributed by atoms with Crippen LogP contribution in [0.5, 0.6) is 0 Å². The summed E-state index contributed by atoms with van der Waals surface area (Å²) in [6.45, 7) is 9.16. The highest BCUT2D eigenvalue weighted by Crippen LogP contribution is 2.11. The van der Waals surface area contributed by atoms with Gasteiger partial charge in [0.1, 0.15) is 0 Å². The minimum Gasteiger partial charge on any atom is -0.353 e. The van der Waals surface area contributed by atoms with Crippen LogP contribution in [0.15, 0.2) is 24.3 Å². The molecule has 1 atom stereocenters. The highest BCUT2D eigenvalue weighted by molar-refractivity contribution is 5.89. The molecule has 132 valence electrons. The van der Waals surface area contributed by atoms with Crippen molar-refractivity contribution in [2.75, 3.05) is 38.0 Å². The van der Waals surface area contributed by atoms with Gasteiger partial charge in [0.2, 0.25) is 5.91 Å². The van der Waals surface area contributed by atoms with Crippen LogP contribution in [0.1, 0.15) is 25.8 Å². The van der Waals surface area contributed by atoms with Crippen molar-refractivity contribution in [3.63, 3.8) is 0 Å². The third-order valence-electron chi connectivity index (χ3n) is 4.32. The van der Waals surface area contributed by atoms with Gasteiger partial charge >= 0.3 is 6.03 Å². The third-order valence-corrected chi connectivity index (χ3v) is 4.32. The van der Waals surface area contributed by atoms with Crippen LogP contribution in [0.25, 0.3) is 0 Å². The smallest absolute Gasteiger partial charge is 0.321 e. The standard InChI is InChI=1S/C18H28N4O2/c1-4-15(3)19-17(23)13-21-8-10-22(11-9-21)18(24)20-16-7-5-6-14(2)12-16/h5-7,12,15H,4,8-11,13H2,1-3H3,(H,19,23)(H,20,24). The Morgan fingerprint density at radius 3 is 2.54 bits per heavy atom. The SMILES string of the molecule is CCC(C)NC(=O)CN1CCN(C(=O)Nc2cccc(C)c2)CC1. The maximum absolute atomic E-state index is 12.3. The van der Waals surface area contributed by atoms with Crippen molar-refractivity contribution in [2.45, 2.75) is 33.2 Å². The van der Waals surface area contributed by atoms with Crippen LogP contribution in [0.2, 0.25) is 0 Å². The van der Waals surface area contributed by atoms with Gasteiger partial charge < -0.3 is 15.5 Å². The number of anilines is 1. The second-order valence-electron chi connectivity index (χ2n) is 6.44. The fourth-order valence-electron chi connectivity index (χ4n) is 2.66. The molecule has 1 aromatic carbocycles. The topological polar surface area (TPSA) is 64.7 Å². The zero-order valence-electron chi connectivity index (χ0n) is 14.8. The molecule has 1 heterocycles. The Kier molecular flexibility index (Phi) is 6.61. The molecule has 1 aliphatic rings. The Bertz CT molecular complexity index is 568. The molecule has 6 heteroatoms. The zero-order chi connectivity index (χ0) is 17.5. The van der Waals surface area contributed by atoms with E-state index in [4.69, 9.17) is 0 Å². The fraction of sp³-hybridized carbons (Fsp3) is 0.556. The van der Waals surface area contributed by atoms with Crippen LogP contribution in [0.3, 0.4) is 0 Å². The van der Waals surface area contributed by atoms with Gasteiger partial charge in [0.05, 0.1) is 6.54 Å². The fourth-order valence-corrected chi connectivity index (χ4v) is 2.66. The molecule has 2 N–H and O–H groups in total. The van der Waals surface area contributed by atoms with Gasteiger partial charge in [-0.05, 0) is 38.0 Å². The Labute approximate surface area is 144 Å². The monoisotopic (exact) mass is 332 g/mol. The van der Waals surface area contributed by atoms with E-state index in [-0.39, 0.29) is 18.0 Å². The number of hydrogen-bond donors (Lipinski definition) is 2. The van der Waals surface area contributed by atoms with E-state index in [1.165, 1.54) is 0 Å². The molecule has 1 aliphatic heterocycles. The molecule has 3 amide bonds. The number of nitrogens with one attached hydrogen (secondary N) is 2. The summed E-state index contributed by atoms with van der Waals surface area (Å²) in [6, 6.07) is 7.90. The lowest BCUT2D eigenvalue weighted by atomic mass is 10.2. The van der Waals surface area contributed by atoms with Crippen molar-refractivity contribution in [1.29, 1.82) is 0 Å². The van der Waals surface area contributed by atoms with E-state index < -0.39 is 0 Å². The number of urea groups is 1. The van der Waals surface area contributed by atoms with Crippen LogP contribution >= 0.6 is 0 Å². The minimum absolute atomic E-state index is 0.0574. The van der Waals surface area contributed by atoms with E-state index in [0.29, 0.717) is 19.6 Å². The first kappa shape index (κ1) is 18.3. The molecule has 0 aromatic heterocycles. The molecule has 2 rings (SSSR count). The lowest BCUT2D eigenvalue weighted by Gasteiger charge is -2.34. The zero-order valence-corrected chi connectivity index (χ0v) is 14.8. The first-order valence-electron chi connectivity index (χ1n) is 8.62. The van der Waals surface area contributed by atoms with Crippen LogP contribution in [0, 0.1) is 6.92 Å². The quantitative estimate of drug-likeness (QED) is 0.867. The average Bonchev–Trinajstić information content (AvgIpc) is 2.55. The number of aryl methyl sites for hydroxylation is 1. The molecule has 6 nitrogen and oxygen atoms in total. The van der Waals surface area contributed by atoms with Crippen LogP contribution in [-0.4, -0.2) is 60.5 Å². The Hall–Kier alpha value is -2.08. The summed E-state index contributed by atoms with van der Waals surface area (Å²) in [7, 11) is 0. The number of amides is 3. The van der Waals surface area contributed by atoms with Gasteiger partial charge in [-0.25, -0.2) is 4.79 Å². The third kappa shape index (κ3) is 5.53. The number of benzene rings is 1. The van der Waals surface area contributed by atoms with E-state index in [2.05, 4.69) is 22.5 Å². The van der Waals surface area contributed by atoms with Gasteiger partial charge in [-0.2, -0.15) is 0 Å². The molecule has 0 bridgehead atoms. The normalized spacial score (nSPS) is 16.5. The summed E-state index contributed by atoms with van der Waals surface area (Å²) in [5, 5.41) is 5.91. The average molecular weight is 332 g/mol. The molecule has 1 fully saturated rings. The van der Waals surface area contributed by atoms with E-state index in [0.717, 1.165) is 30.8 Å². The maximum Gasteiger partial charge on any atom is 0.321 e. The van der Waals surface area contributed by atoms with Gasteiger partial charge in [0.25, 0.3) is 0 Å². The van der Waals surface area contributed by atoms with Gasteiger partial charge in [0.15, 0.2) is 0 Å². The Balaban J connectivity index is 1.75. The molecular weight excluding hydrogens is 304 g/mol. The summed E-state index contributed by atoms with van der Waals surface area (Å²) in [5.41, 5.74) is 1.93. The second-order valence-corrected chi connectivity index (χ2v) is 6.44. The lowest BCUT2D eigenvalue weighted by Crippen LogP contribution is -2.52. The van der Waals surface area contributed by atoms with Crippen molar-refractivity contribution in [3.05, 3.63) is 29.8 Å². The molecule has 24 heavy (non-hydrogen) atoms. The first-order chi connectivity index (χ1) is 11.5. The number of rotatable bonds is 5. The Morgan fingerprint density at radius 2 is 1.92 bits per heavy atom. The molecule has 0 radical (unpaired) electrons. The molecule has 1 unspecified atom stereocenters. The number of nitrogens with zero attached hydrogens (tertiary/aromatic N) is 2. The second kappa shape index (κ2) is 8.68. The highest BCUT2D eigenvalue weighted by atomic mass is 16.2. The van der Waals surface area contributed by atoms with E-state index in [9.17, 15) is 9.59 Å². The maximum atomic E-state index is 12.3. The molecule has 1 saturated heterocycles. The van der Waals surface area contributed by atoms with Crippen LogP contribution in [-0.2, 0) is 4.79 Å². The number of carbonyl (C=O) groups excluding carboxylic acids is 2. The molecule has 0 saturated carbocycles. The van der Waals surface area contributed by atoms with Crippen LogP contribution in [0.4, 0.5) is 10.5 Å². The predicted molar refractivity (Wildman–Crippen MR) is 96.1 cm³/mol. The van der Waals surface area contributed by atoms with Gasteiger partial charge in [0, 0.05) is 37.9 Å². The highest BCUT2D eigenvalue weighted by Gasteiger charge is 2.22. The molecule has 0 spiro atoms. The lowest BCUT2D eigenvalue weighted by molar-refractivity contribution is -0.123. The first-order valence-corrected chi connectivity index (χ1v) is 8.62. The number of carbonyl (C=O) groups is 2. The minimum atomic E-state index is -0.0793. The van der Waals surface area contributed by atoms with E-state index >= 15 is 0 Å². The number of piperazine rings is 1. The summed E-state index contributed by atoms with van der Waals surface area (Å²) in [6.07, 6.45) is 0.929. The van der Waals surface area contributed by atoms with Gasteiger partial charge in [-0.3, -0.25) is 9.69 Å². The summed E-state index contributed by atoms with van der Waals surface area (Å²) in [5.74, 6) is 0.0574. The predicted octanol–water partition coefficient (Wildman–Crippen LogP) is 2.06. The summed E-state index contributed by atoms with van der Waals surface area (Å²) < 4.78 is 0. The van der Waals surface area contributed by atoms with Crippen molar-refractivity contribution in [1.82, 2.24) is 15.1 Å². The van der Waals surface area contributed by atoms with Crippen LogP contribution < -0.4 is 10.6 Å². The molecule has 1 aromatic rings. The summed E-state index contributed by atoms with van der Waals surface area (Å²) >= 11 is 0. The van der Waals surface area contributed by atoms with Crippen molar-refractivity contribution >= 4 is 17.6 Å². The van der Waals surface area contributed by atoms with E-state index in [1.807, 2.05) is 38.1 Å². The summed E-state index contributed by atoms with van der Waals surface area (Å²) in [4.78, 5) is 28.1. The van der Waals surface area contributed by atoms with Crippen molar-refractivity contribution in [3.8, 4) is 0 Å². The van der Waals surface area contributed by atoms with Crippen molar-refractivity contribution in [2.24, 2.45) is 0 Å². The number of hydrogen-bond acceptors (Lipinski definition) is 3. The van der Waals surface area contributed by atoms with Gasteiger partial charge in [-0.1, -0.05) is 19.1 Å². The molecule has 0 aliphatic carbocycles. The van der Waals surface area contributed by atoms with Crippen molar-refractivity contribution < 1.29 is 9.59 Å². The van der Waals surface area contributed by atoms with Gasteiger partial charge in [-0.15, -0.1) is 0 Å². The molecular formula is C18H28N4O2. The Morgan fingerprint density at radius 1 is 1.21 bits per heavy atom.